The van der Waals surface area contributed by atoms with Gasteiger partial charge in [0.25, 0.3) is 0 Å². The first-order chi connectivity index (χ1) is 10.6. The van der Waals surface area contributed by atoms with E-state index in [2.05, 4.69) is 20.6 Å². The number of nitrogens with zero attached hydrogens (tertiary/aromatic N) is 3. The fraction of sp³-hybridized carbons (Fsp3) is 0.429. The Labute approximate surface area is 129 Å². The number of nitrogens with one attached hydrogen (secondary N) is 3. The van der Waals surface area contributed by atoms with Crippen molar-refractivity contribution >= 4 is 23.8 Å². The first-order valence-electron chi connectivity index (χ1n) is 7.23. The van der Waals surface area contributed by atoms with Crippen molar-refractivity contribution in [2.45, 2.75) is 26.2 Å². The van der Waals surface area contributed by atoms with Gasteiger partial charge in [0.2, 0.25) is 11.9 Å². The van der Waals surface area contributed by atoms with Gasteiger partial charge in [-0.1, -0.05) is 6.07 Å². The van der Waals surface area contributed by atoms with Crippen LogP contribution < -0.4 is 16.4 Å². The molecule has 0 radical (unpaired) electrons. The second-order valence-corrected chi connectivity index (χ2v) is 5.12. The van der Waals surface area contributed by atoms with Crippen LogP contribution in [0.4, 0.5) is 10.6 Å². The maximum atomic E-state index is 11.8. The summed E-state index contributed by atoms with van der Waals surface area (Å²) in [6.45, 7) is 3.44. The molecule has 2 heterocycles. The number of piperidine rings is 1. The van der Waals surface area contributed by atoms with Crippen LogP contribution in [0, 0.1) is 12.3 Å². The summed E-state index contributed by atoms with van der Waals surface area (Å²) in [4.78, 5) is 21.6. The maximum Gasteiger partial charge on any atom is 0.327 e. The molecule has 0 unspecified atom stereocenters. The van der Waals surface area contributed by atoms with Crippen LogP contribution in [0.25, 0.3) is 0 Å². The van der Waals surface area contributed by atoms with Crippen LogP contribution in [0.2, 0.25) is 0 Å². The predicted molar refractivity (Wildman–Crippen MR) is 85.9 cm³/mol. The minimum atomic E-state index is -0.533. The molecule has 1 aliphatic rings. The van der Waals surface area contributed by atoms with E-state index in [1.807, 2.05) is 17.9 Å². The third kappa shape index (κ3) is 4.44. The van der Waals surface area contributed by atoms with Crippen molar-refractivity contribution in [3.05, 3.63) is 23.9 Å². The van der Waals surface area contributed by atoms with Crippen molar-refractivity contribution in [3.63, 3.8) is 0 Å². The molecule has 0 spiro atoms. The van der Waals surface area contributed by atoms with E-state index in [0.29, 0.717) is 5.82 Å². The largest absolute Gasteiger partial charge is 0.369 e. The van der Waals surface area contributed by atoms with Crippen molar-refractivity contribution < 1.29 is 4.79 Å². The van der Waals surface area contributed by atoms with Gasteiger partial charge in [-0.05, 0) is 37.8 Å². The average Bonchev–Trinajstić information content (AvgIpc) is 2.50. The number of carbonyl (C=O) groups excluding carboxylic acids is 1. The number of rotatable bonds is 1. The number of aryl methyl sites for hydroxylation is 1. The Balaban J connectivity index is 1.89. The van der Waals surface area contributed by atoms with Crippen LogP contribution in [0.3, 0.4) is 0 Å². The number of pyridine rings is 1. The first kappa shape index (κ1) is 15.7. The molecular formula is C14H21N7O. The molecular weight excluding hydrogens is 282 g/mol. The summed E-state index contributed by atoms with van der Waals surface area (Å²) in [5.74, 6) is 0.423. The standard InChI is InChI=1S/C14H21N7O/c1-10-6-5-7-17-11(10)18-14(22)20-12(15)19-13(16)21-8-3-2-4-9-21/h5-7H,2-4,8-9H2,1H3,(H5,15,16,17,18,19,20,22). The highest BCUT2D eigenvalue weighted by molar-refractivity contribution is 6.04. The third-order valence-electron chi connectivity index (χ3n) is 3.36. The number of guanidine groups is 2. The van der Waals surface area contributed by atoms with Crippen LogP contribution >= 0.6 is 0 Å². The van der Waals surface area contributed by atoms with Crippen LogP contribution in [-0.4, -0.2) is 40.9 Å². The smallest absolute Gasteiger partial charge is 0.327 e. The fourth-order valence-electron chi connectivity index (χ4n) is 2.19. The molecule has 0 aliphatic carbocycles. The van der Waals surface area contributed by atoms with Crippen molar-refractivity contribution in [2.75, 3.05) is 18.4 Å². The van der Waals surface area contributed by atoms with Crippen LogP contribution in [0.5, 0.6) is 0 Å². The van der Waals surface area contributed by atoms with Gasteiger partial charge in [0.1, 0.15) is 5.82 Å². The number of nitrogens with two attached hydrogens (primary N) is 1. The summed E-state index contributed by atoms with van der Waals surface area (Å²) in [6, 6.07) is 3.09. The molecule has 1 aromatic rings. The Hall–Kier alpha value is -2.64. The lowest BCUT2D eigenvalue weighted by Gasteiger charge is -2.26. The molecule has 1 aromatic heterocycles. The molecule has 0 aromatic carbocycles. The van der Waals surface area contributed by atoms with E-state index in [0.717, 1.165) is 31.5 Å². The van der Waals surface area contributed by atoms with Gasteiger partial charge in [-0.3, -0.25) is 16.0 Å². The van der Waals surface area contributed by atoms with Crippen molar-refractivity contribution in [1.29, 1.82) is 5.41 Å². The lowest BCUT2D eigenvalue weighted by Crippen LogP contribution is -2.42. The van der Waals surface area contributed by atoms with Crippen LogP contribution in [0.1, 0.15) is 24.8 Å². The molecule has 1 saturated heterocycles. The van der Waals surface area contributed by atoms with Gasteiger partial charge >= 0.3 is 6.03 Å². The molecule has 1 fully saturated rings. The third-order valence-corrected chi connectivity index (χ3v) is 3.36. The zero-order valence-electron chi connectivity index (χ0n) is 12.6. The summed E-state index contributed by atoms with van der Waals surface area (Å²) in [6.07, 6.45) is 4.86. The normalized spacial score (nSPS) is 15.3. The van der Waals surface area contributed by atoms with Gasteiger partial charge in [0.05, 0.1) is 0 Å². The van der Waals surface area contributed by atoms with E-state index >= 15 is 0 Å². The van der Waals surface area contributed by atoms with Crippen molar-refractivity contribution in [1.82, 2.24) is 15.2 Å². The number of carbonyl (C=O) groups is 1. The number of hydrogen-bond acceptors (Lipinski definition) is 3. The Bertz CT molecular complexity index is 578. The van der Waals surface area contributed by atoms with E-state index < -0.39 is 6.03 Å². The molecule has 8 heteroatoms. The van der Waals surface area contributed by atoms with Gasteiger partial charge in [-0.2, -0.15) is 4.99 Å². The Kier molecular flexibility index (Phi) is 5.29. The molecule has 2 amide bonds. The molecule has 8 nitrogen and oxygen atoms in total. The molecule has 0 bridgehead atoms. The highest BCUT2D eigenvalue weighted by Gasteiger charge is 2.14. The summed E-state index contributed by atoms with van der Waals surface area (Å²) >= 11 is 0. The quantitative estimate of drug-likeness (QED) is 0.461. The zero-order chi connectivity index (χ0) is 15.9. The number of urea groups is 1. The lowest BCUT2D eigenvalue weighted by molar-refractivity contribution is 0.256. The van der Waals surface area contributed by atoms with E-state index in [1.54, 1.807) is 12.3 Å². The monoisotopic (exact) mass is 303 g/mol. The fourth-order valence-corrected chi connectivity index (χ4v) is 2.19. The molecule has 0 atom stereocenters. The van der Waals surface area contributed by atoms with Crippen molar-refractivity contribution in [2.24, 2.45) is 10.7 Å². The van der Waals surface area contributed by atoms with Crippen LogP contribution in [-0.2, 0) is 0 Å². The Morgan fingerprint density at radius 1 is 1.41 bits per heavy atom. The number of hydrogen-bond donors (Lipinski definition) is 4. The van der Waals surface area contributed by atoms with Crippen molar-refractivity contribution in [3.8, 4) is 0 Å². The van der Waals surface area contributed by atoms with Crippen LogP contribution in [0.15, 0.2) is 23.3 Å². The summed E-state index contributed by atoms with van der Waals surface area (Å²) in [5.41, 5.74) is 6.51. The molecule has 22 heavy (non-hydrogen) atoms. The highest BCUT2D eigenvalue weighted by Crippen LogP contribution is 2.09. The van der Waals surface area contributed by atoms with Gasteiger partial charge < -0.3 is 10.6 Å². The number of anilines is 1. The summed E-state index contributed by atoms with van der Waals surface area (Å²) < 4.78 is 0. The van der Waals surface area contributed by atoms with E-state index in [-0.39, 0.29) is 11.9 Å². The molecule has 2 rings (SSSR count). The topological polar surface area (TPSA) is 119 Å². The molecule has 118 valence electrons. The summed E-state index contributed by atoms with van der Waals surface area (Å²) in [5, 5.41) is 12.9. The van der Waals surface area contributed by atoms with Gasteiger partial charge in [-0.15, -0.1) is 0 Å². The summed E-state index contributed by atoms with van der Waals surface area (Å²) in [7, 11) is 0. The minimum absolute atomic E-state index is 0.0755. The van der Waals surface area contributed by atoms with E-state index in [1.165, 1.54) is 6.42 Å². The maximum absolute atomic E-state index is 11.8. The number of aliphatic imine (C=N–C) groups is 1. The average molecular weight is 303 g/mol. The Morgan fingerprint density at radius 2 is 2.14 bits per heavy atom. The number of amides is 2. The number of likely N-dealkylation sites (tertiary alicyclic amines) is 1. The van der Waals surface area contributed by atoms with Gasteiger partial charge in [0, 0.05) is 19.3 Å². The second kappa shape index (κ2) is 7.39. The Morgan fingerprint density at radius 3 is 2.82 bits per heavy atom. The molecule has 5 N–H and O–H groups in total. The first-order valence-corrected chi connectivity index (χ1v) is 7.23. The van der Waals surface area contributed by atoms with Gasteiger partial charge in [-0.25, -0.2) is 9.78 Å². The molecule has 0 saturated carbocycles. The lowest BCUT2D eigenvalue weighted by atomic mass is 10.1. The minimum Gasteiger partial charge on any atom is -0.369 e. The highest BCUT2D eigenvalue weighted by atomic mass is 16.2. The van der Waals surface area contributed by atoms with Gasteiger partial charge in [0.15, 0.2) is 0 Å². The van der Waals surface area contributed by atoms with E-state index in [4.69, 9.17) is 11.1 Å². The SMILES string of the molecule is Cc1cccnc1NC(=O)N/C(N)=N/C(=N)N1CCCCC1. The predicted octanol–water partition coefficient (Wildman–Crippen LogP) is 1.25. The second-order valence-electron chi connectivity index (χ2n) is 5.12. The zero-order valence-corrected chi connectivity index (χ0v) is 12.6. The molecule has 1 aliphatic heterocycles. The number of aromatic nitrogens is 1. The van der Waals surface area contributed by atoms with E-state index in [9.17, 15) is 4.79 Å².